The summed E-state index contributed by atoms with van der Waals surface area (Å²) in [5.41, 5.74) is 0.935. The van der Waals surface area contributed by atoms with Crippen LogP contribution in [0.25, 0.3) is 10.6 Å². The summed E-state index contributed by atoms with van der Waals surface area (Å²) in [6.45, 7) is 1.62. The third-order valence-electron chi connectivity index (χ3n) is 3.21. The maximum Gasteiger partial charge on any atom is 0.262 e. The average molecular weight is 437 g/mol. The Hall–Kier alpha value is -2.10. The minimum atomic E-state index is -0.697. The van der Waals surface area contributed by atoms with Crippen LogP contribution in [-0.2, 0) is 4.79 Å². The van der Waals surface area contributed by atoms with E-state index in [4.69, 9.17) is 0 Å². The highest BCUT2D eigenvalue weighted by atomic mass is 79.9. The Bertz CT molecular complexity index is 894. The van der Waals surface area contributed by atoms with Gasteiger partial charge in [0.05, 0.1) is 8.66 Å². The highest BCUT2D eigenvalue weighted by Crippen LogP contribution is 2.26. The van der Waals surface area contributed by atoms with Gasteiger partial charge in [-0.2, -0.15) is 0 Å². The molecule has 1 unspecified atom stereocenters. The monoisotopic (exact) mass is 436 g/mol. The molecule has 2 aromatic heterocycles. The Kier molecular flexibility index (Phi) is 5.57. The molecule has 0 aliphatic carbocycles. The predicted molar refractivity (Wildman–Crippen MR) is 103 cm³/mol. The van der Waals surface area contributed by atoms with Gasteiger partial charge in [-0.1, -0.05) is 41.7 Å². The number of halogens is 1. The number of rotatable bonds is 5. The molecule has 3 rings (SSSR count). The number of hydrogen-bond acceptors (Lipinski definition) is 6. The molecular formula is C16H13BrN4O2S2. The fraction of sp³-hybridized carbons (Fsp3) is 0.125. The maximum atomic E-state index is 12.2. The summed E-state index contributed by atoms with van der Waals surface area (Å²) >= 11 is 5.89. The molecule has 6 nitrogen and oxygen atoms in total. The van der Waals surface area contributed by atoms with E-state index in [2.05, 4.69) is 36.8 Å². The van der Waals surface area contributed by atoms with Crippen LogP contribution >= 0.6 is 38.6 Å². The number of carbonyl (C=O) groups excluding carboxylic acids is 2. The lowest BCUT2D eigenvalue weighted by Gasteiger charge is -2.11. The van der Waals surface area contributed by atoms with Crippen molar-refractivity contribution in [3.63, 3.8) is 0 Å². The molecule has 0 bridgehead atoms. The summed E-state index contributed by atoms with van der Waals surface area (Å²) in [6, 6.07) is 12.4. The molecule has 0 fully saturated rings. The number of thiophene rings is 1. The van der Waals surface area contributed by atoms with Crippen LogP contribution in [0.1, 0.15) is 16.6 Å². The van der Waals surface area contributed by atoms with Crippen LogP contribution in [-0.4, -0.2) is 28.1 Å². The van der Waals surface area contributed by atoms with Crippen LogP contribution in [0.15, 0.2) is 46.3 Å². The van der Waals surface area contributed by atoms with Crippen LogP contribution in [0.2, 0.25) is 0 Å². The molecule has 1 atom stereocenters. The van der Waals surface area contributed by atoms with Crippen LogP contribution in [0.5, 0.6) is 0 Å². The summed E-state index contributed by atoms with van der Waals surface area (Å²) in [5, 5.41) is 14.5. The molecular weight excluding hydrogens is 424 g/mol. The fourth-order valence-electron chi connectivity index (χ4n) is 1.95. The summed E-state index contributed by atoms with van der Waals surface area (Å²) in [5.74, 6) is -0.639. The zero-order valence-corrected chi connectivity index (χ0v) is 16.2. The van der Waals surface area contributed by atoms with Crippen LogP contribution in [0, 0.1) is 0 Å². The normalized spacial score (nSPS) is 11.8. The number of hydrogen-bond donors (Lipinski definition) is 2. The van der Waals surface area contributed by atoms with Crippen LogP contribution in [0.4, 0.5) is 5.13 Å². The lowest BCUT2D eigenvalue weighted by Crippen LogP contribution is -2.41. The Morgan fingerprint density at radius 2 is 1.84 bits per heavy atom. The molecule has 0 radical (unpaired) electrons. The molecule has 3 aromatic rings. The highest BCUT2D eigenvalue weighted by molar-refractivity contribution is 9.11. The minimum absolute atomic E-state index is 0.291. The second-order valence-electron chi connectivity index (χ2n) is 5.07. The third kappa shape index (κ3) is 4.50. The van der Waals surface area contributed by atoms with E-state index in [-0.39, 0.29) is 11.8 Å². The molecule has 9 heteroatoms. The van der Waals surface area contributed by atoms with Crippen molar-refractivity contribution in [3.05, 3.63) is 51.1 Å². The van der Waals surface area contributed by atoms with Crippen molar-refractivity contribution in [2.45, 2.75) is 13.0 Å². The number of nitrogens with one attached hydrogen (secondary N) is 2. The van der Waals surface area contributed by atoms with Gasteiger partial charge in [-0.05, 0) is 35.0 Å². The molecule has 0 aliphatic heterocycles. The average Bonchev–Trinajstić information content (AvgIpc) is 3.24. The van der Waals surface area contributed by atoms with Gasteiger partial charge in [-0.3, -0.25) is 14.9 Å². The fourth-order valence-corrected chi connectivity index (χ4v) is 4.00. The molecule has 0 spiro atoms. The van der Waals surface area contributed by atoms with Crippen molar-refractivity contribution in [2.75, 3.05) is 5.32 Å². The first kappa shape index (κ1) is 17.7. The predicted octanol–water partition coefficient (Wildman–Crippen LogP) is 3.79. The van der Waals surface area contributed by atoms with Gasteiger partial charge in [0, 0.05) is 5.56 Å². The van der Waals surface area contributed by atoms with E-state index < -0.39 is 6.04 Å². The van der Waals surface area contributed by atoms with E-state index in [1.165, 1.54) is 22.7 Å². The Labute approximate surface area is 160 Å². The Morgan fingerprint density at radius 3 is 2.52 bits per heavy atom. The van der Waals surface area contributed by atoms with Gasteiger partial charge < -0.3 is 5.32 Å². The number of aromatic nitrogens is 2. The highest BCUT2D eigenvalue weighted by Gasteiger charge is 2.19. The quantitative estimate of drug-likeness (QED) is 0.636. The molecule has 2 heterocycles. The molecule has 128 valence electrons. The third-order valence-corrected chi connectivity index (χ3v) is 5.72. The van der Waals surface area contributed by atoms with Crippen molar-refractivity contribution in [3.8, 4) is 10.6 Å². The minimum Gasteiger partial charge on any atom is -0.340 e. The lowest BCUT2D eigenvalue weighted by atomic mass is 10.2. The van der Waals surface area contributed by atoms with Crippen molar-refractivity contribution < 1.29 is 9.59 Å². The zero-order chi connectivity index (χ0) is 17.8. The Morgan fingerprint density at radius 1 is 1.08 bits per heavy atom. The van der Waals surface area contributed by atoms with Crippen molar-refractivity contribution >= 4 is 55.5 Å². The van der Waals surface area contributed by atoms with E-state index in [9.17, 15) is 9.59 Å². The van der Waals surface area contributed by atoms with Gasteiger partial charge >= 0.3 is 0 Å². The Balaban J connectivity index is 1.60. The van der Waals surface area contributed by atoms with Gasteiger partial charge in [-0.25, -0.2) is 0 Å². The first-order valence-electron chi connectivity index (χ1n) is 7.29. The first-order valence-corrected chi connectivity index (χ1v) is 9.71. The number of benzene rings is 1. The van der Waals surface area contributed by atoms with Crippen LogP contribution in [0.3, 0.4) is 0 Å². The smallest absolute Gasteiger partial charge is 0.262 e. The molecule has 0 saturated carbocycles. The van der Waals surface area contributed by atoms with E-state index >= 15 is 0 Å². The van der Waals surface area contributed by atoms with Crippen molar-refractivity contribution in [1.82, 2.24) is 15.5 Å². The number of amides is 2. The van der Waals surface area contributed by atoms with Gasteiger partial charge in [0.15, 0.2) is 0 Å². The molecule has 0 aliphatic rings. The summed E-state index contributed by atoms with van der Waals surface area (Å²) in [7, 11) is 0. The van der Waals surface area contributed by atoms with E-state index in [1.54, 1.807) is 19.1 Å². The molecule has 2 N–H and O–H groups in total. The lowest BCUT2D eigenvalue weighted by molar-refractivity contribution is -0.117. The largest absolute Gasteiger partial charge is 0.340 e. The number of carbonyl (C=O) groups is 2. The molecule has 0 saturated heterocycles. The van der Waals surface area contributed by atoms with Gasteiger partial charge in [0.1, 0.15) is 11.0 Å². The van der Waals surface area contributed by atoms with E-state index in [0.717, 1.165) is 14.4 Å². The standard InChI is InChI=1S/C16H13BrN4O2S2/c1-9(18-14(23)11-7-8-12(17)24-11)13(22)19-16-21-20-15(25-16)10-5-3-2-4-6-10/h2-9H,1H3,(H,18,23)(H,19,21,22). The first-order chi connectivity index (χ1) is 12.0. The number of anilines is 1. The van der Waals surface area contributed by atoms with Crippen LogP contribution < -0.4 is 10.6 Å². The maximum absolute atomic E-state index is 12.2. The summed E-state index contributed by atoms with van der Waals surface area (Å²) in [6.07, 6.45) is 0. The van der Waals surface area contributed by atoms with Crippen molar-refractivity contribution in [2.24, 2.45) is 0 Å². The molecule has 1 aromatic carbocycles. The van der Waals surface area contributed by atoms with Crippen molar-refractivity contribution in [1.29, 1.82) is 0 Å². The molecule has 25 heavy (non-hydrogen) atoms. The zero-order valence-electron chi connectivity index (χ0n) is 13.0. The van der Waals surface area contributed by atoms with Gasteiger partial charge in [0.25, 0.3) is 5.91 Å². The number of nitrogens with zero attached hydrogens (tertiary/aromatic N) is 2. The second kappa shape index (κ2) is 7.85. The van der Waals surface area contributed by atoms with Gasteiger partial charge in [0.2, 0.25) is 11.0 Å². The SMILES string of the molecule is CC(NC(=O)c1ccc(Br)s1)C(=O)Nc1nnc(-c2ccccc2)s1. The van der Waals surface area contributed by atoms with E-state index in [0.29, 0.717) is 10.0 Å². The summed E-state index contributed by atoms with van der Waals surface area (Å²) < 4.78 is 0.858. The van der Waals surface area contributed by atoms with E-state index in [1.807, 2.05) is 30.3 Å². The summed E-state index contributed by atoms with van der Waals surface area (Å²) in [4.78, 5) is 24.9. The molecule has 2 amide bonds. The topological polar surface area (TPSA) is 84.0 Å². The van der Waals surface area contributed by atoms with Gasteiger partial charge in [-0.15, -0.1) is 21.5 Å². The second-order valence-corrected chi connectivity index (χ2v) is 8.51.